The van der Waals surface area contributed by atoms with Crippen molar-refractivity contribution < 1.29 is 31.1 Å². The number of anilines is 1. The van der Waals surface area contributed by atoms with Crippen LogP contribution in [-0.4, -0.2) is 26.8 Å². The van der Waals surface area contributed by atoms with E-state index in [1.807, 2.05) is 32.0 Å². The molecule has 6 nitrogen and oxygen atoms in total. The van der Waals surface area contributed by atoms with Crippen molar-refractivity contribution in [3.8, 4) is 5.75 Å². The SMILES string of the molecule is COc1ccc2c(c1)/C(=C/C(=O)c1cccc(NS(=O)(=O)c3ccc(C(F)(F)F)cc3)c1)NC(C)(C)C2. The van der Waals surface area contributed by atoms with Crippen molar-refractivity contribution in [2.24, 2.45) is 0 Å². The molecule has 0 saturated heterocycles. The summed E-state index contributed by atoms with van der Waals surface area (Å²) in [6.45, 7) is 4.05. The Bertz CT molecular complexity index is 1480. The zero-order chi connectivity index (χ0) is 27.0. The molecule has 0 bridgehead atoms. The van der Waals surface area contributed by atoms with E-state index in [1.54, 1.807) is 13.2 Å². The first-order valence-corrected chi connectivity index (χ1v) is 12.8. The lowest BCUT2D eigenvalue weighted by atomic mass is 9.85. The predicted octanol–water partition coefficient (Wildman–Crippen LogP) is 5.66. The second-order valence-electron chi connectivity index (χ2n) is 9.34. The Balaban J connectivity index is 1.60. The highest BCUT2D eigenvalue weighted by molar-refractivity contribution is 7.92. The van der Waals surface area contributed by atoms with Gasteiger partial charge in [0.1, 0.15) is 5.75 Å². The number of carbonyl (C=O) groups excluding carboxylic acids is 1. The van der Waals surface area contributed by atoms with E-state index in [-0.39, 0.29) is 27.5 Å². The van der Waals surface area contributed by atoms with Gasteiger partial charge in [-0.15, -0.1) is 0 Å². The molecule has 0 amide bonds. The standard InChI is InChI=1S/C27H25F3N2O4S/c1-26(2)16-18-7-10-21(36-3)14-23(18)24(31-26)15-25(33)17-5-4-6-20(13-17)32-37(34,35)22-11-8-19(9-12-22)27(28,29)30/h4-15,31-32H,16H2,1-3H3/b24-15-. The molecule has 1 aliphatic rings. The van der Waals surface area contributed by atoms with Crippen LogP contribution in [0.5, 0.6) is 5.75 Å². The van der Waals surface area contributed by atoms with Gasteiger partial charge in [0.25, 0.3) is 10.0 Å². The van der Waals surface area contributed by atoms with Crippen LogP contribution in [0.1, 0.15) is 40.9 Å². The highest BCUT2D eigenvalue weighted by Crippen LogP contribution is 2.33. The molecule has 2 N–H and O–H groups in total. The first-order chi connectivity index (χ1) is 17.3. The van der Waals surface area contributed by atoms with Gasteiger partial charge in [-0.2, -0.15) is 13.2 Å². The minimum atomic E-state index is -4.58. The van der Waals surface area contributed by atoms with E-state index < -0.39 is 21.8 Å². The molecule has 0 atom stereocenters. The fourth-order valence-corrected chi connectivity index (χ4v) is 5.19. The number of hydrogen-bond donors (Lipinski definition) is 2. The quantitative estimate of drug-likeness (QED) is 0.317. The minimum Gasteiger partial charge on any atom is -0.497 e. The number of fused-ring (bicyclic) bond motifs is 1. The summed E-state index contributed by atoms with van der Waals surface area (Å²) >= 11 is 0. The summed E-state index contributed by atoms with van der Waals surface area (Å²) in [5, 5.41) is 3.38. The number of allylic oxidation sites excluding steroid dienone is 1. The van der Waals surface area contributed by atoms with E-state index in [2.05, 4.69) is 10.0 Å². The Morgan fingerprint density at radius 3 is 2.41 bits per heavy atom. The van der Waals surface area contributed by atoms with E-state index >= 15 is 0 Å². The van der Waals surface area contributed by atoms with Gasteiger partial charge in [0.05, 0.1) is 17.6 Å². The van der Waals surface area contributed by atoms with E-state index in [1.165, 1.54) is 24.3 Å². The highest BCUT2D eigenvalue weighted by Gasteiger charge is 2.31. The number of carbonyl (C=O) groups is 1. The molecular weight excluding hydrogens is 505 g/mol. The average molecular weight is 531 g/mol. The number of sulfonamides is 1. The molecule has 0 fully saturated rings. The number of ketones is 1. The molecule has 3 aromatic carbocycles. The normalized spacial score (nSPS) is 16.0. The monoisotopic (exact) mass is 530 g/mol. The minimum absolute atomic E-state index is 0.100. The number of nitrogens with one attached hydrogen (secondary N) is 2. The molecule has 10 heteroatoms. The molecule has 0 radical (unpaired) electrons. The number of ether oxygens (including phenoxy) is 1. The predicted molar refractivity (Wildman–Crippen MR) is 135 cm³/mol. The Morgan fingerprint density at radius 1 is 1.05 bits per heavy atom. The van der Waals surface area contributed by atoms with Crippen LogP contribution in [0.4, 0.5) is 18.9 Å². The largest absolute Gasteiger partial charge is 0.497 e. The summed E-state index contributed by atoms with van der Waals surface area (Å²) in [5.41, 5.74) is 1.59. The molecular formula is C27H25F3N2O4S. The van der Waals surface area contributed by atoms with Crippen LogP contribution in [0.25, 0.3) is 5.70 Å². The molecule has 0 saturated carbocycles. The number of benzene rings is 3. The molecule has 0 aliphatic carbocycles. The lowest BCUT2D eigenvalue weighted by molar-refractivity contribution is -0.137. The summed E-state index contributed by atoms with van der Waals surface area (Å²) in [5.74, 6) is 0.294. The third kappa shape index (κ3) is 5.96. The van der Waals surface area contributed by atoms with Crippen LogP contribution >= 0.6 is 0 Å². The van der Waals surface area contributed by atoms with E-state index in [4.69, 9.17) is 4.74 Å². The third-order valence-electron chi connectivity index (χ3n) is 5.88. The smallest absolute Gasteiger partial charge is 0.416 e. The number of rotatable bonds is 6. The maximum Gasteiger partial charge on any atom is 0.416 e. The Hall–Kier alpha value is -3.79. The molecule has 3 aromatic rings. The summed E-state index contributed by atoms with van der Waals surface area (Å²) in [6.07, 6.45) is -2.37. The fraction of sp³-hybridized carbons (Fsp3) is 0.222. The van der Waals surface area contributed by atoms with Crippen LogP contribution in [0, 0.1) is 0 Å². The topological polar surface area (TPSA) is 84.5 Å². The molecule has 194 valence electrons. The molecule has 1 aliphatic heterocycles. The average Bonchev–Trinajstić information content (AvgIpc) is 2.82. The summed E-state index contributed by atoms with van der Waals surface area (Å²) < 4.78 is 71.5. The van der Waals surface area contributed by atoms with Crippen molar-refractivity contribution >= 4 is 27.2 Å². The first-order valence-electron chi connectivity index (χ1n) is 11.3. The molecule has 0 spiro atoms. The van der Waals surface area contributed by atoms with E-state index in [0.29, 0.717) is 23.6 Å². The molecule has 0 unspecified atom stereocenters. The molecule has 4 rings (SSSR count). The zero-order valence-corrected chi connectivity index (χ0v) is 21.1. The number of alkyl halides is 3. The van der Waals surface area contributed by atoms with Crippen molar-refractivity contribution in [1.29, 1.82) is 0 Å². The van der Waals surface area contributed by atoms with Crippen LogP contribution < -0.4 is 14.8 Å². The number of hydrogen-bond acceptors (Lipinski definition) is 5. The third-order valence-corrected chi connectivity index (χ3v) is 7.28. The first kappa shape index (κ1) is 26.3. The Labute approximate surface area is 213 Å². The molecule has 37 heavy (non-hydrogen) atoms. The molecule has 0 aromatic heterocycles. The van der Waals surface area contributed by atoms with Gasteiger partial charge in [0.15, 0.2) is 5.78 Å². The van der Waals surface area contributed by atoms with Crippen molar-refractivity contribution in [2.45, 2.75) is 36.9 Å². The van der Waals surface area contributed by atoms with Crippen molar-refractivity contribution in [3.05, 3.63) is 95.1 Å². The van der Waals surface area contributed by atoms with Gasteiger partial charge in [-0.25, -0.2) is 8.42 Å². The van der Waals surface area contributed by atoms with Gasteiger partial charge in [-0.1, -0.05) is 18.2 Å². The summed E-state index contributed by atoms with van der Waals surface area (Å²) in [6, 6.07) is 14.7. The van der Waals surface area contributed by atoms with Gasteiger partial charge in [0, 0.05) is 34.1 Å². The van der Waals surface area contributed by atoms with E-state index in [9.17, 15) is 26.4 Å². The Morgan fingerprint density at radius 2 is 1.76 bits per heavy atom. The van der Waals surface area contributed by atoms with E-state index in [0.717, 1.165) is 29.7 Å². The fourth-order valence-electron chi connectivity index (χ4n) is 4.14. The van der Waals surface area contributed by atoms with Gasteiger partial charge in [-0.05, 0) is 74.4 Å². The van der Waals surface area contributed by atoms with Crippen molar-refractivity contribution in [2.75, 3.05) is 11.8 Å². The molecule has 1 heterocycles. The maximum atomic E-state index is 13.2. The second-order valence-corrected chi connectivity index (χ2v) is 11.0. The van der Waals surface area contributed by atoms with Gasteiger partial charge >= 0.3 is 6.18 Å². The number of halogens is 3. The maximum absolute atomic E-state index is 13.2. The van der Waals surface area contributed by atoms with Crippen molar-refractivity contribution in [3.63, 3.8) is 0 Å². The van der Waals surface area contributed by atoms with Crippen LogP contribution in [-0.2, 0) is 22.6 Å². The summed E-state index contributed by atoms with van der Waals surface area (Å²) in [4.78, 5) is 12.8. The lowest BCUT2D eigenvalue weighted by Gasteiger charge is -2.35. The Kier molecular flexibility index (Phi) is 6.81. The van der Waals surface area contributed by atoms with Gasteiger partial charge in [0.2, 0.25) is 0 Å². The zero-order valence-electron chi connectivity index (χ0n) is 20.3. The van der Waals surface area contributed by atoms with Crippen LogP contribution in [0.2, 0.25) is 0 Å². The van der Waals surface area contributed by atoms with Gasteiger partial charge in [-0.3, -0.25) is 9.52 Å². The van der Waals surface area contributed by atoms with Gasteiger partial charge < -0.3 is 10.1 Å². The lowest BCUT2D eigenvalue weighted by Crippen LogP contribution is -2.43. The van der Waals surface area contributed by atoms with Crippen LogP contribution in [0.3, 0.4) is 0 Å². The number of methoxy groups -OCH3 is 1. The van der Waals surface area contributed by atoms with Crippen molar-refractivity contribution in [1.82, 2.24) is 5.32 Å². The highest BCUT2D eigenvalue weighted by atomic mass is 32.2. The van der Waals surface area contributed by atoms with Crippen LogP contribution in [0.15, 0.2) is 77.7 Å². The summed E-state index contributed by atoms with van der Waals surface area (Å²) in [7, 11) is -2.62. The second kappa shape index (κ2) is 9.59.